The monoisotopic (exact) mass is 243 g/mol. The van der Waals surface area contributed by atoms with Crippen LogP contribution in [0.15, 0.2) is 12.1 Å². The van der Waals surface area contributed by atoms with E-state index < -0.39 is 0 Å². The van der Waals surface area contributed by atoms with Crippen LogP contribution in [0.4, 0.5) is 11.5 Å². The zero-order valence-electron chi connectivity index (χ0n) is 8.78. The number of anilines is 2. The standard InChI is InChI=1S/C10H14ClN3O2/c11-9-2-1-8(12)10(14-9)13-5-7-6-15-3-4-16-7/h1-2,7H,3-6,12H2,(H,13,14). The molecule has 1 atom stereocenters. The number of rotatable bonds is 3. The minimum Gasteiger partial charge on any atom is -0.396 e. The Kier molecular flexibility index (Phi) is 3.82. The van der Waals surface area contributed by atoms with E-state index in [4.69, 9.17) is 26.8 Å². The first-order valence-corrected chi connectivity index (χ1v) is 5.49. The number of nitrogens with two attached hydrogens (primary N) is 1. The summed E-state index contributed by atoms with van der Waals surface area (Å²) in [5.74, 6) is 0.585. The zero-order valence-corrected chi connectivity index (χ0v) is 9.54. The van der Waals surface area contributed by atoms with Gasteiger partial charge in [0.1, 0.15) is 5.15 Å². The Hall–Kier alpha value is -1.04. The van der Waals surface area contributed by atoms with Crippen LogP contribution in [0.2, 0.25) is 5.15 Å². The van der Waals surface area contributed by atoms with E-state index in [1.807, 2.05) is 0 Å². The molecule has 0 radical (unpaired) electrons. The first-order valence-electron chi connectivity index (χ1n) is 5.11. The zero-order chi connectivity index (χ0) is 11.4. The molecule has 6 heteroatoms. The van der Waals surface area contributed by atoms with Crippen LogP contribution in [-0.4, -0.2) is 37.5 Å². The summed E-state index contributed by atoms with van der Waals surface area (Å²) in [6, 6.07) is 3.37. The number of hydrogen-bond donors (Lipinski definition) is 2. The molecule has 1 aliphatic heterocycles. The maximum atomic E-state index is 5.78. The molecule has 3 N–H and O–H groups in total. The fraction of sp³-hybridized carbons (Fsp3) is 0.500. The molecule has 0 amide bonds. The lowest BCUT2D eigenvalue weighted by molar-refractivity contribution is -0.0819. The third kappa shape index (κ3) is 2.98. The molecule has 1 aromatic rings. The lowest BCUT2D eigenvalue weighted by atomic mass is 10.3. The second kappa shape index (κ2) is 5.34. The van der Waals surface area contributed by atoms with Gasteiger partial charge in [-0.25, -0.2) is 4.98 Å². The van der Waals surface area contributed by atoms with Crippen molar-refractivity contribution in [3.05, 3.63) is 17.3 Å². The Balaban J connectivity index is 1.90. The summed E-state index contributed by atoms with van der Waals surface area (Å²) in [6.45, 7) is 2.49. The van der Waals surface area contributed by atoms with Crippen LogP contribution in [0, 0.1) is 0 Å². The number of ether oxygens (including phenoxy) is 2. The number of hydrogen-bond acceptors (Lipinski definition) is 5. The molecule has 88 valence electrons. The first-order chi connectivity index (χ1) is 7.75. The van der Waals surface area contributed by atoms with E-state index in [1.54, 1.807) is 12.1 Å². The van der Waals surface area contributed by atoms with Crippen molar-refractivity contribution in [3.63, 3.8) is 0 Å². The van der Waals surface area contributed by atoms with Crippen molar-refractivity contribution in [1.29, 1.82) is 0 Å². The maximum Gasteiger partial charge on any atom is 0.151 e. The van der Waals surface area contributed by atoms with Gasteiger partial charge in [-0.2, -0.15) is 0 Å². The van der Waals surface area contributed by atoms with Crippen molar-refractivity contribution < 1.29 is 9.47 Å². The Morgan fingerprint density at radius 1 is 1.50 bits per heavy atom. The van der Waals surface area contributed by atoms with Gasteiger partial charge in [0.15, 0.2) is 5.82 Å². The molecule has 1 saturated heterocycles. The number of nitrogens with one attached hydrogen (secondary N) is 1. The second-order valence-electron chi connectivity index (χ2n) is 3.52. The van der Waals surface area contributed by atoms with Crippen molar-refractivity contribution in [2.24, 2.45) is 0 Å². The Morgan fingerprint density at radius 3 is 3.12 bits per heavy atom. The number of nitrogens with zero attached hydrogens (tertiary/aromatic N) is 1. The largest absolute Gasteiger partial charge is 0.396 e. The molecule has 0 bridgehead atoms. The van der Waals surface area contributed by atoms with Crippen LogP contribution in [0.3, 0.4) is 0 Å². The van der Waals surface area contributed by atoms with Gasteiger partial charge in [-0.05, 0) is 12.1 Å². The predicted octanol–water partition coefficient (Wildman–Crippen LogP) is 1.14. The predicted molar refractivity (Wildman–Crippen MR) is 62.7 cm³/mol. The number of nitrogen functional groups attached to an aromatic ring is 1. The summed E-state index contributed by atoms with van der Waals surface area (Å²) in [5, 5.41) is 3.51. The molecule has 1 unspecified atom stereocenters. The van der Waals surface area contributed by atoms with Crippen LogP contribution < -0.4 is 11.1 Å². The molecule has 5 nitrogen and oxygen atoms in total. The molecule has 1 aliphatic rings. The second-order valence-corrected chi connectivity index (χ2v) is 3.91. The van der Waals surface area contributed by atoms with Gasteiger partial charge in [0.05, 0.1) is 31.6 Å². The van der Waals surface area contributed by atoms with Gasteiger partial charge in [0, 0.05) is 6.54 Å². The number of aromatic nitrogens is 1. The summed E-state index contributed by atoms with van der Waals surface area (Å²) in [5.41, 5.74) is 6.32. The van der Waals surface area contributed by atoms with Crippen molar-refractivity contribution in [1.82, 2.24) is 4.98 Å². The molecule has 2 heterocycles. The van der Waals surface area contributed by atoms with Crippen LogP contribution in [-0.2, 0) is 9.47 Å². The summed E-state index contributed by atoms with van der Waals surface area (Å²) in [7, 11) is 0. The number of halogens is 1. The van der Waals surface area contributed by atoms with Crippen LogP contribution >= 0.6 is 11.6 Å². The maximum absolute atomic E-state index is 5.78. The van der Waals surface area contributed by atoms with Gasteiger partial charge >= 0.3 is 0 Å². The molecule has 0 spiro atoms. The lowest BCUT2D eigenvalue weighted by Gasteiger charge is -2.23. The molecule has 2 rings (SSSR count). The van der Waals surface area contributed by atoms with Crippen LogP contribution in [0.25, 0.3) is 0 Å². The fourth-order valence-electron chi connectivity index (χ4n) is 1.45. The number of pyridine rings is 1. The van der Waals surface area contributed by atoms with E-state index in [0.29, 0.717) is 43.0 Å². The molecular weight excluding hydrogens is 230 g/mol. The summed E-state index contributed by atoms with van der Waals surface area (Å²) in [6.07, 6.45) is 0.0360. The van der Waals surface area contributed by atoms with Crippen LogP contribution in [0.5, 0.6) is 0 Å². The molecule has 1 aromatic heterocycles. The summed E-state index contributed by atoms with van der Waals surface area (Å²) >= 11 is 5.78. The molecule has 0 aromatic carbocycles. The van der Waals surface area contributed by atoms with Gasteiger partial charge in [0.2, 0.25) is 0 Å². The van der Waals surface area contributed by atoms with E-state index in [0.717, 1.165) is 0 Å². The molecule has 0 aliphatic carbocycles. The van der Waals surface area contributed by atoms with Gasteiger partial charge < -0.3 is 20.5 Å². The summed E-state index contributed by atoms with van der Waals surface area (Å²) in [4.78, 5) is 4.09. The summed E-state index contributed by atoms with van der Waals surface area (Å²) < 4.78 is 10.8. The van der Waals surface area contributed by atoms with Gasteiger partial charge in [-0.3, -0.25) is 0 Å². The third-order valence-corrected chi connectivity index (χ3v) is 2.49. The highest BCUT2D eigenvalue weighted by Gasteiger charge is 2.14. The van der Waals surface area contributed by atoms with E-state index in [-0.39, 0.29) is 6.10 Å². The van der Waals surface area contributed by atoms with E-state index in [9.17, 15) is 0 Å². The van der Waals surface area contributed by atoms with Crippen molar-refractivity contribution >= 4 is 23.1 Å². The topological polar surface area (TPSA) is 69.4 Å². The smallest absolute Gasteiger partial charge is 0.151 e. The lowest BCUT2D eigenvalue weighted by Crippen LogP contribution is -2.34. The first kappa shape index (κ1) is 11.4. The van der Waals surface area contributed by atoms with Crippen molar-refractivity contribution in [2.45, 2.75) is 6.10 Å². The highest BCUT2D eigenvalue weighted by atomic mass is 35.5. The molecule has 0 saturated carbocycles. The fourth-order valence-corrected chi connectivity index (χ4v) is 1.60. The highest BCUT2D eigenvalue weighted by Crippen LogP contribution is 2.18. The van der Waals surface area contributed by atoms with Crippen molar-refractivity contribution in [3.8, 4) is 0 Å². The average molecular weight is 244 g/mol. The van der Waals surface area contributed by atoms with Gasteiger partial charge in [-0.15, -0.1) is 0 Å². The Bertz CT molecular complexity index is 356. The van der Waals surface area contributed by atoms with E-state index >= 15 is 0 Å². The molecular formula is C10H14ClN3O2. The van der Waals surface area contributed by atoms with E-state index in [1.165, 1.54) is 0 Å². The molecule has 1 fully saturated rings. The van der Waals surface area contributed by atoms with E-state index in [2.05, 4.69) is 10.3 Å². The van der Waals surface area contributed by atoms with Gasteiger partial charge in [-0.1, -0.05) is 11.6 Å². The minimum atomic E-state index is 0.0360. The Labute approximate surface area is 98.9 Å². The highest BCUT2D eigenvalue weighted by molar-refractivity contribution is 6.29. The SMILES string of the molecule is Nc1ccc(Cl)nc1NCC1COCCO1. The van der Waals surface area contributed by atoms with Gasteiger partial charge in [0.25, 0.3) is 0 Å². The van der Waals surface area contributed by atoms with Crippen LogP contribution in [0.1, 0.15) is 0 Å². The average Bonchev–Trinajstić information content (AvgIpc) is 2.32. The minimum absolute atomic E-state index is 0.0360. The Morgan fingerprint density at radius 2 is 2.38 bits per heavy atom. The normalized spacial score (nSPS) is 20.7. The third-order valence-electron chi connectivity index (χ3n) is 2.27. The van der Waals surface area contributed by atoms with Crippen molar-refractivity contribution in [2.75, 3.05) is 37.4 Å². The molecule has 16 heavy (non-hydrogen) atoms. The quantitative estimate of drug-likeness (QED) is 0.780.